The van der Waals surface area contributed by atoms with Crippen molar-refractivity contribution < 1.29 is 19.1 Å². The summed E-state index contributed by atoms with van der Waals surface area (Å²) in [5, 5.41) is 3.20. The molecular weight excluding hydrogens is 464 g/mol. The molecular formula is C31H32N2O4. The highest BCUT2D eigenvalue weighted by atomic mass is 16.5. The van der Waals surface area contributed by atoms with Crippen LogP contribution in [0, 0.1) is 6.92 Å². The Balaban J connectivity index is 1.59. The maximum absolute atomic E-state index is 13.2. The van der Waals surface area contributed by atoms with E-state index in [0.717, 1.165) is 33.8 Å². The van der Waals surface area contributed by atoms with Crippen molar-refractivity contribution in [2.75, 3.05) is 13.7 Å². The summed E-state index contributed by atoms with van der Waals surface area (Å²) in [5.41, 5.74) is 5.06. The summed E-state index contributed by atoms with van der Waals surface area (Å²) in [7, 11) is 1.62. The summed E-state index contributed by atoms with van der Waals surface area (Å²) >= 11 is 0. The number of carbonyl (C=O) groups is 2. The van der Waals surface area contributed by atoms with Crippen LogP contribution in [0.1, 0.15) is 46.6 Å². The van der Waals surface area contributed by atoms with E-state index in [2.05, 4.69) is 5.32 Å². The van der Waals surface area contributed by atoms with Crippen LogP contribution >= 0.6 is 0 Å². The summed E-state index contributed by atoms with van der Waals surface area (Å²) < 4.78 is 12.6. The van der Waals surface area contributed by atoms with Crippen LogP contribution in [0.25, 0.3) is 11.3 Å². The molecule has 6 heteroatoms. The molecule has 1 aromatic heterocycles. The first-order chi connectivity index (χ1) is 18.0. The third-order valence-corrected chi connectivity index (χ3v) is 6.38. The van der Waals surface area contributed by atoms with Gasteiger partial charge in [-0.3, -0.25) is 4.79 Å². The van der Waals surface area contributed by atoms with Crippen molar-refractivity contribution in [1.29, 1.82) is 0 Å². The Morgan fingerprint density at radius 1 is 0.892 bits per heavy atom. The lowest BCUT2D eigenvalue weighted by Gasteiger charge is -2.20. The molecule has 0 spiro atoms. The fourth-order valence-electron chi connectivity index (χ4n) is 4.45. The molecule has 0 aliphatic rings. The fraction of sp³-hybridized carbons (Fsp3) is 0.226. The lowest BCUT2D eigenvalue weighted by atomic mass is 9.98. The number of nitrogens with zero attached hydrogens (tertiary/aromatic N) is 1. The molecule has 3 aromatic carbocycles. The number of aromatic nitrogens is 1. The van der Waals surface area contributed by atoms with E-state index < -0.39 is 0 Å². The van der Waals surface area contributed by atoms with E-state index >= 15 is 0 Å². The van der Waals surface area contributed by atoms with E-state index in [1.54, 1.807) is 14.0 Å². The molecule has 0 radical (unpaired) electrons. The molecule has 1 heterocycles. The number of hydrogen-bond donors (Lipinski definition) is 1. The molecule has 0 atom stereocenters. The van der Waals surface area contributed by atoms with Crippen LogP contribution in [0.4, 0.5) is 0 Å². The van der Waals surface area contributed by atoms with Crippen molar-refractivity contribution in [2.45, 2.75) is 32.9 Å². The van der Waals surface area contributed by atoms with Crippen molar-refractivity contribution in [3.05, 3.63) is 113 Å². The highest BCUT2D eigenvalue weighted by Gasteiger charge is 2.21. The van der Waals surface area contributed by atoms with Gasteiger partial charge in [0.25, 0.3) is 0 Å². The predicted molar refractivity (Wildman–Crippen MR) is 145 cm³/mol. The van der Waals surface area contributed by atoms with Crippen molar-refractivity contribution in [3.63, 3.8) is 0 Å². The van der Waals surface area contributed by atoms with Crippen molar-refractivity contribution in [1.82, 2.24) is 9.88 Å². The highest BCUT2D eigenvalue weighted by Crippen LogP contribution is 2.29. The zero-order chi connectivity index (χ0) is 26.2. The lowest BCUT2D eigenvalue weighted by Crippen LogP contribution is -2.30. The van der Waals surface area contributed by atoms with E-state index in [1.807, 2.05) is 102 Å². The minimum Gasteiger partial charge on any atom is -0.497 e. The van der Waals surface area contributed by atoms with Crippen molar-refractivity contribution >= 4 is 11.9 Å². The number of carbonyl (C=O) groups excluding carboxylic acids is 2. The molecule has 0 aliphatic heterocycles. The number of ether oxygens (including phenoxy) is 2. The standard InChI is InChI=1S/C31H32N2O4/c1-4-37-31(35)27-21-28(23-15-17-26(36-3)18-16-23)33(22(27)2)20-19-29(34)32-30(24-11-7-5-8-12-24)25-13-9-6-10-14-25/h5-18,21,30H,4,19-20H2,1-3H3,(H,32,34). The molecule has 37 heavy (non-hydrogen) atoms. The van der Waals surface area contributed by atoms with Crippen LogP contribution in [0.3, 0.4) is 0 Å². The SMILES string of the molecule is CCOC(=O)c1cc(-c2ccc(OC)cc2)n(CCC(=O)NC(c2ccccc2)c2ccccc2)c1C. The molecule has 0 aliphatic carbocycles. The average molecular weight is 497 g/mol. The second kappa shape index (κ2) is 12.1. The number of esters is 1. The number of nitrogens with one attached hydrogen (secondary N) is 1. The largest absolute Gasteiger partial charge is 0.497 e. The van der Waals surface area contributed by atoms with Gasteiger partial charge in [-0.05, 0) is 60.9 Å². The minimum atomic E-state index is -0.369. The van der Waals surface area contributed by atoms with Crippen LogP contribution in [0.2, 0.25) is 0 Å². The molecule has 1 N–H and O–H groups in total. The van der Waals surface area contributed by atoms with Gasteiger partial charge in [-0.2, -0.15) is 0 Å². The van der Waals surface area contributed by atoms with E-state index in [4.69, 9.17) is 9.47 Å². The highest BCUT2D eigenvalue weighted by molar-refractivity contribution is 5.92. The summed E-state index contributed by atoms with van der Waals surface area (Å²) in [6.45, 7) is 4.38. The van der Waals surface area contributed by atoms with Crippen molar-refractivity contribution in [2.24, 2.45) is 0 Å². The smallest absolute Gasteiger partial charge is 0.339 e. The number of hydrogen-bond acceptors (Lipinski definition) is 4. The van der Waals surface area contributed by atoms with Crippen LogP contribution in [0.5, 0.6) is 5.75 Å². The number of methoxy groups -OCH3 is 1. The first-order valence-electron chi connectivity index (χ1n) is 12.4. The van der Waals surface area contributed by atoms with E-state index in [1.165, 1.54) is 0 Å². The normalized spacial score (nSPS) is 10.8. The molecule has 6 nitrogen and oxygen atoms in total. The van der Waals surface area contributed by atoms with Gasteiger partial charge in [0, 0.05) is 24.4 Å². The quantitative estimate of drug-likeness (QED) is 0.276. The number of benzene rings is 3. The average Bonchev–Trinajstić information content (AvgIpc) is 3.27. The molecule has 0 fully saturated rings. The Morgan fingerprint density at radius 2 is 1.49 bits per heavy atom. The Hall–Kier alpha value is -4.32. The zero-order valence-electron chi connectivity index (χ0n) is 21.4. The minimum absolute atomic E-state index is 0.0795. The van der Waals surface area contributed by atoms with Gasteiger partial charge in [0.05, 0.1) is 25.3 Å². The molecule has 190 valence electrons. The molecule has 1 amide bonds. The lowest BCUT2D eigenvalue weighted by molar-refractivity contribution is -0.121. The molecule has 0 unspecified atom stereocenters. The third-order valence-electron chi connectivity index (χ3n) is 6.38. The van der Waals surface area contributed by atoms with E-state index in [0.29, 0.717) is 18.7 Å². The van der Waals surface area contributed by atoms with Gasteiger partial charge in [-0.25, -0.2) is 4.79 Å². The molecule has 4 rings (SSSR count). The zero-order valence-corrected chi connectivity index (χ0v) is 21.4. The second-order valence-electron chi connectivity index (χ2n) is 8.70. The first kappa shape index (κ1) is 25.8. The van der Waals surface area contributed by atoms with E-state index in [-0.39, 0.29) is 24.3 Å². The second-order valence-corrected chi connectivity index (χ2v) is 8.70. The number of rotatable bonds is 10. The Kier molecular flexibility index (Phi) is 8.41. The Labute approximate surface area is 217 Å². The van der Waals surface area contributed by atoms with Gasteiger partial charge in [-0.1, -0.05) is 60.7 Å². The van der Waals surface area contributed by atoms with Gasteiger partial charge >= 0.3 is 5.97 Å². The van der Waals surface area contributed by atoms with Crippen LogP contribution < -0.4 is 10.1 Å². The fourth-order valence-corrected chi connectivity index (χ4v) is 4.45. The van der Waals surface area contributed by atoms with Gasteiger partial charge in [0.1, 0.15) is 5.75 Å². The first-order valence-corrected chi connectivity index (χ1v) is 12.4. The maximum atomic E-state index is 13.2. The molecule has 4 aromatic rings. The van der Waals surface area contributed by atoms with E-state index in [9.17, 15) is 9.59 Å². The summed E-state index contributed by atoms with van der Waals surface area (Å²) in [6, 6.07) is 29.1. The van der Waals surface area contributed by atoms with Crippen molar-refractivity contribution in [3.8, 4) is 17.0 Å². The van der Waals surface area contributed by atoms with Gasteiger partial charge in [0.15, 0.2) is 0 Å². The topological polar surface area (TPSA) is 69.6 Å². The van der Waals surface area contributed by atoms with Gasteiger partial charge in [0.2, 0.25) is 5.91 Å². The summed E-state index contributed by atoms with van der Waals surface area (Å²) in [6.07, 6.45) is 0.247. The maximum Gasteiger partial charge on any atom is 0.339 e. The predicted octanol–water partition coefficient (Wildman–Crippen LogP) is 5.94. The molecule has 0 bridgehead atoms. The van der Waals surface area contributed by atoms with Crippen LogP contribution in [0.15, 0.2) is 91.0 Å². The number of amides is 1. The third kappa shape index (κ3) is 6.09. The monoisotopic (exact) mass is 496 g/mol. The molecule has 0 saturated heterocycles. The van der Waals surface area contributed by atoms with Crippen LogP contribution in [-0.2, 0) is 16.1 Å². The summed E-state index contributed by atoms with van der Waals surface area (Å²) in [5.74, 6) is 0.298. The Bertz CT molecular complexity index is 1290. The molecule has 0 saturated carbocycles. The van der Waals surface area contributed by atoms with Gasteiger partial charge < -0.3 is 19.4 Å². The van der Waals surface area contributed by atoms with Crippen LogP contribution in [-0.4, -0.2) is 30.2 Å². The van der Waals surface area contributed by atoms with Gasteiger partial charge in [-0.15, -0.1) is 0 Å². The Morgan fingerprint density at radius 3 is 2.03 bits per heavy atom. The summed E-state index contributed by atoms with van der Waals surface area (Å²) in [4.78, 5) is 25.9.